The summed E-state index contributed by atoms with van der Waals surface area (Å²) in [6, 6.07) is 14.7. The minimum atomic E-state index is -0.262. The van der Waals surface area contributed by atoms with E-state index in [4.69, 9.17) is 29.0 Å². The van der Waals surface area contributed by atoms with Gasteiger partial charge in [0.1, 0.15) is 5.69 Å². The molecule has 0 aliphatic carbocycles. The number of nitrogen functional groups attached to an aromatic ring is 1. The van der Waals surface area contributed by atoms with Gasteiger partial charge in [0.2, 0.25) is 16.9 Å². The monoisotopic (exact) mass is 473 g/mol. The number of aryl methyl sites for hydroxylation is 1. The SMILES string of the molecule is Cc1ccc(-c2cc(-c3nnc(SCC(=O)Nc4ccc(Cl)cc4Cl)n3N)[nH]n2)cc1. The number of aromatic nitrogens is 5. The number of carbonyl (C=O) groups is 1. The number of carbonyl (C=O) groups excluding carboxylic acids is 1. The number of anilines is 1. The number of nitrogens with zero attached hydrogens (tertiary/aromatic N) is 4. The molecule has 1 amide bonds. The average Bonchev–Trinajstić information content (AvgIpc) is 3.36. The van der Waals surface area contributed by atoms with E-state index in [-0.39, 0.29) is 11.7 Å². The highest BCUT2D eigenvalue weighted by Crippen LogP contribution is 2.27. The van der Waals surface area contributed by atoms with Crippen LogP contribution in [0.4, 0.5) is 5.69 Å². The first-order valence-corrected chi connectivity index (χ1v) is 10.9. The molecule has 0 atom stereocenters. The van der Waals surface area contributed by atoms with Crippen LogP contribution in [0.15, 0.2) is 53.7 Å². The Morgan fingerprint density at radius 1 is 1.16 bits per heavy atom. The van der Waals surface area contributed by atoms with Crippen molar-refractivity contribution in [2.45, 2.75) is 12.1 Å². The first-order chi connectivity index (χ1) is 14.9. The van der Waals surface area contributed by atoms with E-state index in [1.54, 1.807) is 18.2 Å². The van der Waals surface area contributed by atoms with Gasteiger partial charge >= 0.3 is 0 Å². The van der Waals surface area contributed by atoms with E-state index in [1.165, 1.54) is 10.2 Å². The summed E-state index contributed by atoms with van der Waals surface area (Å²) in [6.45, 7) is 2.03. The Morgan fingerprint density at radius 2 is 1.94 bits per heavy atom. The van der Waals surface area contributed by atoms with Crippen molar-refractivity contribution in [3.8, 4) is 22.8 Å². The summed E-state index contributed by atoms with van der Waals surface area (Å²) in [5.74, 6) is 6.36. The zero-order valence-corrected chi connectivity index (χ0v) is 18.6. The second kappa shape index (κ2) is 9.01. The fourth-order valence-corrected chi connectivity index (χ4v) is 3.89. The molecule has 0 unspecified atom stereocenters. The molecule has 0 aliphatic rings. The van der Waals surface area contributed by atoms with Gasteiger partial charge in [0.05, 0.1) is 22.2 Å². The van der Waals surface area contributed by atoms with Crippen LogP contribution in [0.25, 0.3) is 22.8 Å². The van der Waals surface area contributed by atoms with E-state index in [0.29, 0.717) is 32.4 Å². The summed E-state index contributed by atoms with van der Waals surface area (Å²) in [5.41, 5.74) is 4.02. The Labute approximate surface area is 192 Å². The molecule has 8 nitrogen and oxygen atoms in total. The van der Waals surface area contributed by atoms with Crippen molar-refractivity contribution < 1.29 is 4.79 Å². The van der Waals surface area contributed by atoms with Crippen LogP contribution in [0.2, 0.25) is 10.0 Å². The summed E-state index contributed by atoms with van der Waals surface area (Å²) >= 11 is 13.1. The van der Waals surface area contributed by atoms with E-state index in [0.717, 1.165) is 23.0 Å². The van der Waals surface area contributed by atoms with E-state index in [1.807, 2.05) is 37.3 Å². The third-order valence-electron chi connectivity index (χ3n) is 4.37. The number of hydrogen-bond donors (Lipinski definition) is 3. The molecule has 2 heterocycles. The molecule has 0 radical (unpaired) electrons. The molecule has 158 valence electrons. The number of nitrogens with one attached hydrogen (secondary N) is 2. The van der Waals surface area contributed by atoms with E-state index >= 15 is 0 Å². The van der Waals surface area contributed by atoms with Crippen molar-refractivity contribution in [3.05, 3.63) is 64.1 Å². The molecule has 4 rings (SSSR count). The predicted octanol–water partition coefficient (Wildman–Crippen LogP) is 4.40. The molecule has 2 aromatic carbocycles. The number of aromatic amines is 1. The third kappa shape index (κ3) is 4.84. The van der Waals surface area contributed by atoms with Gasteiger partial charge in [-0.1, -0.05) is 64.8 Å². The van der Waals surface area contributed by atoms with Crippen molar-refractivity contribution in [3.63, 3.8) is 0 Å². The molecule has 2 aromatic heterocycles. The van der Waals surface area contributed by atoms with Gasteiger partial charge in [-0.15, -0.1) is 10.2 Å². The molecule has 4 aromatic rings. The predicted molar refractivity (Wildman–Crippen MR) is 124 cm³/mol. The van der Waals surface area contributed by atoms with E-state index in [2.05, 4.69) is 25.7 Å². The van der Waals surface area contributed by atoms with Gasteiger partial charge in [0.15, 0.2) is 0 Å². The van der Waals surface area contributed by atoms with E-state index < -0.39 is 0 Å². The summed E-state index contributed by atoms with van der Waals surface area (Å²) in [7, 11) is 0. The molecule has 4 N–H and O–H groups in total. The number of amides is 1. The summed E-state index contributed by atoms with van der Waals surface area (Å²) < 4.78 is 1.32. The normalized spacial score (nSPS) is 10.9. The van der Waals surface area contributed by atoms with Crippen molar-refractivity contribution in [1.29, 1.82) is 0 Å². The molecule has 0 bridgehead atoms. The standard InChI is InChI=1S/C20H17Cl2N7OS/c1-11-2-4-12(5-3-11)16-9-17(26-25-16)19-27-28-20(29(19)23)31-10-18(30)24-15-7-6-13(21)8-14(15)22/h2-9H,10,23H2,1H3,(H,24,30)(H,25,26). The maximum atomic E-state index is 12.3. The van der Waals surface area contributed by atoms with Gasteiger partial charge in [-0.3, -0.25) is 9.89 Å². The van der Waals surface area contributed by atoms with Gasteiger partial charge in [-0.25, -0.2) is 4.68 Å². The lowest BCUT2D eigenvalue weighted by Gasteiger charge is -2.07. The molecular weight excluding hydrogens is 457 g/mol. The molecule has 11 heteroatoms. The fraction of sp³-hybridized carbons (Fsp3) is 0.100. The lowest BCUT2D eigenvalue weighted by atomic mass is 10.1. The summed E-state index contributed by atoms with van der Waals surface area (Å²) in [6.07, 6.45) is 0. The number of H-pyrrole nitrogens is 1. The van der Waals surface area contributed by atoms with Crippen LogP contribution in [0.3, 0.4) is 0 Å². The van der Waals surface area contributed by atoms with Crippen LogP contribution < -0.4 is 11.2 Å². The fourth-order valence-electron chi connectivity index (χ4n) is 2.77. The van der Waals surface area contributed by atoms with Crippen LogP contribution >= 0.6 is 35.0 Å². The number of nitrogens with two attached hydrogens (primary N) is 1. The first kappa shape index (κ1) is 21.2. The molecule has 31 heavy (non-hydrogen) atoms. The lowest BCUT2D eigenvalue weighted by molar-refractivity contribution is -0.113. The second-order valence-electron chi connectivity index (χ2n) is 6.67. The minimum Gasteiger partial charge on any atom is -0.335 e. The zero-order valence-electron chi connectivity index (χ0n) is 16.3. The van der Waals surface area contributed by atoms with Crippen LogP contribution in [0.1, 0.15) is 5.56 Å². The van der Waals surface area contributed by atoms with Crippen LogP contribution in [0, 0.1) is 6.92 Å². The maximum absolute atomic E-state index is 12.3. The zero-order chi connectivity index (χ0) is 22.0. The Balaban J connectivity index is 1.42. The molecule has 0 spiro atoms. The summed E-state index contributed by atoms with van der Waals surface area (Å²) in [4.78, 5) is 12.3. The molecular formula is C20H17Cl2N7OS. The molecule has 0 saturated heterocycles. The largest absolute Gasteiger partial charge is 0.335 e. The smallest absolute Gasteiger partial charge is 0.234 e. The van der Waals surface area contributed by atoms with Gasteiger partial charge in [-0.05, 0) is 31.2 Å². The average molecular weight is 474 g/mol. The van der Waals surface area contributed by atoms with Crippen molar-refractivity contribution in [2.75, 3.05) is 16.9 Å². The first-order valence-electron chi connectivity index (χ1n) is 9.12. The van der Waals surface area contributed by atoms with Crippen molar-refractivity contribution in [1.82, 2.24) is 25.1 Å². The molecule has 0 saturated carbocycles. The van der Waals surface area contributed by atoms with Crippen LogP contribution in [0.5, 0.6) is 0 Å². The Kier molecular flexibility index (Phi) is 6.17. The number of thioether (sulfide) groups is 1. The van der Waals surface area contributed by atoms with Gasteiger partial charge in [0, 0.05) is 10.6 Å². The highest BCUT2D eigenvalue weighted by molar-refractivity contribution is 7.99. The Hall–Kier alpha value is -3.01. The minimum absolute atomic E-state index is 0.0753. The quantitative estimate of drug-likeness (QED) is 0.282. The third-order valence-corrected chi connectivity index (χ3v) is 5.86. The van der Waals surface area contributed by atoms with E-state index in [9.17, 15) is 4.79 Å². The Morgan fingerprint density at radius 3 is 2.68 bits per heavy atom. The highest BCUT2D eigenvalue weighted by Gasteiger charge is 2.16. The Bertz CT molecular complexity index is 1240. The second-order valence-corrected chi connectivity index (χ2v) is 8.46. The van der Waals surface area contributed by atoms with Crippen molar-refractivity contribution >= 4 is 46.6 Å². The van der Waals surface area contributed by atoms with Crippen LogP contribution in [-0.4, -0.2) is 36.7 Å². The lowest BCUT2D eigenvalue weighted by Crippen LogP contribution is -2.16. The number of rotatable bonds is 6. The number of hydrogen-bond acceptors (Lipinski definition) is 6. The topological polar surface area (TPSA) is 115 Å². The number of benzene rings is 2. The van der Waals surface area contributed by atoms with Gasteiger partial charge in [-0.2, -0.15) is 5.10 Å². The number of halogens is 2. The van der Waals surface area contributed by atoms with Gasteiger partial charge < -0.3 is 11.2 Å². The molecule has 0 aliphatic heterocycles. The maximum Gasteiger partial charge on any atom is 0.234 e. The molecule has 0 fully saturated rings. The summed E-state index contributed by atoms with van der Waals surface area (Å²) in [5, 5.41) is 19.4. The highest BCUT2D eigenvalue weighted by atomic mass is 35.5. The van der Waals surface area contributed by atoms with Gasteiger partial charge in [0.25, 0.3) is 0 Å². The van der Waals surface area contributed by atoms with Crippen molar-refractivity contribution in [2.24, 2.45) is 0 Å². The van der Waals surface area contributed by atoms with Crippen LogP contribution in [-0.2, 0) is 4.79 Å².